The summed E-state index contributed by atoms with van der Waals surface area (Å²) in [5.41, 5.74) is 0.905. The SMILES string of the molecule is [B]C1C=C(C)C(O)CC(O)CCCC(O)C(C)C(O)CC=CC=C(C)C(O)C(C)C(O)CC(C)C(C)C(=O)CC(=O)OC(C)C=CC(O)CC(O)CCCC(O)C(C)C(O)CCC(C)C(O)CC(O)CC(O)CCC(O)C1O. The van der Waals surface area contributed by atoms with Gasteiger partial charge in [-0.25, -0.2) is 0 Å². The minimum absolute atomic E-state index is 0.00123. The summed E-state index contributed by atoms with van der Waals surface area (Å²) in [6.07, 6.45) is -5.26. The summed E-state index contributed by atoms with van der Waals surface area (Å²) in [5, 5.41) is 161. The van der Waals surface area contributed by atoms with Crippen molar-refractivity contribution in [2.24, 2.45) is 35.5 Å². The van der Waals surface area contributed by atoms with Gasteiger partial charge in [-0.05, 0) is 146 Å². The molecule has 0 amide bonds. The first-order valence-electron chi connectivity index (χ1n) is 28.7. The number of hydrogen-bond donors (Lipinski definition) is 15. The molecule has 0 fully saturated rings. The van der Waals surface area contributed by atoms with E-state index in [0.29, 0.717) is 30.4 Å². The lowest BCUT2D eigenvalue weighted by Gasteiger charge is -2.28. The molecule has 78 heavy (non-hydrogen) atoms. The van der Waals surface area contributed by atoms with E-state index in [1.165, 1.54) is 18.2 Å². The van der Waals surface area contributed by atoms with Crippen LogP contribution in [0.15, 0.2) is 47.6 Å². The Balaban J connectivity index is 3.06. The lowest BCUT2D eigenvalue weighted by molar-refractivity contribution is -0.149. The third kappa shape index (κ3) is 29.0. The molecule has 452 valence electrons. The van der Waals surface area contributed by atoms with E-state index in [1.807, 2.05) is 0 Å². The Hall–Kier alpha value is -2.44. The molecule has 0 saturated heterocycles. The Morgan fingerprint density at radius 1 is 0.500 bits per heavy atom. The van der Waals surface area contributed by atoms with Crippen LogP contribution in [-0.2, 0) is 14.3 Å². The minimum atomic E-state index is -1.47. The van der Waals surface area contributed by atoms with Crippen LogP contribution in [0.3, 0.4) is 0 Å². The summed E-state index contributed by atoms with van der Waals surface area (Å²) in [6, 6.07) is 0. The molecule has 1 heterocycles. The number of hydrogen-bond acceptors (Lipinski definition) is 18. The van der Waals surface area contributed by atoms with Crippen LogP contribution in [0.25, 0.3) is 0 Å². The zero-order valence-corrected chi connectivity index (χ0v) is 48.3. The summed E-state index contributed by atoms with van der Waals surface area (Å²) in [6.45, 7) is 15.1. The predicted octanol–water partition coefficient (Wildman–Crippen LogP) is 3.32. The lowest BCUT2D eigenvalue weighted by Crippen LogP contribution is -2.33. The van der Waals surface area contributed by atoms with Crippen molar-refractivity contribution in [2.45, 2.75) is 275 Å². The molecule has 19 heteroatoms. The molecule has 0 bridgehead atoms. The molecule has 2 radical (unpaired) electrons. The van der Waals surface area contributed by atoms with Crippen LogP contribution in [0.1, 0.15) is 171 Å². The highest BCUT2D eigenvalue weighted by Gasteiger charge is 2.31. The van der Waals surface area contributed by atoms with Crippen molar-refractivity contribution in [1.82, 2.24) is 0 Å². The highest BCUT2D eigenvalue weighted by atomic mass is 16.5. The third-order valence-corrected chi connectivity index (χ3v) is 16.4. The van der Waals surface area contributed by atoms with Gasteiger partial charge in [-0.2, -0.15) is 0 Å². The molecule has 0 saturated carbocycles. The number of carbonyl (C=O) groups excluding carboxylic acids is 2. The summed E-state index contributed by atoms with van der Waals surface area (Å²) < 4.78 is 5.37. The quantitative estimate of drug-likeness (QED) is 0.0716. The second kappa shape index (κ2) is 38.4. The number of allylic oxidation sites excluding steroid dienone is 2. The third-order valence-electron chi connectivity index (χ3n) is 16.4. The molecule has 1 aliphatic heterocycles. The molecule has 0 aromatic rings. The molecular formula is C59H105BO18. The van der Waals surface area contributed by atoms with Gasteiger partial charge in [-0.3, -0.25) is 9.59 Å². The normalized spacial score (nSPS) is 41.4. The number of rotatable bonds is 0. The van der Waals surface area contributed by atoms with Gasteiger partial charge in [0.1, 0.15) is 18.3 Å². The Labute approximate surface area is 467 Å². The second-order valence-electron chi connectivity index (χ2n) is 23.4. The van der Waals surface area contributed by atoms with Crippen LogP contribution in [0.2, 0.25) is 5.82 Å². The van der Waals surface area contributed by atoms with Crippen LogP contribution in [0.5, 0.6) is 0 Å². The van der Waals surface area contributed by atoms with E-state index < -0.39 is 140 Å². The molecule has 1 aliphatic rings. The average Bonchev–Trinajstić information content (AvgIpc) is 3.37. The van der Waals surface area contributed by atoms with E-state index in [-0.39, 0.29) is 101 Å². The summed E-state index contributed by atoms with van der Waals surface area (Å²) in [5.74, 6) is -5.26. The smallest absolute Gasteiger partial charge is 0.313 e. The van der Waals surface area contributed by atoms with Crippen molar-refractivity contribution >= 4 is 19.6 Å². The molecule has 0 spiro atoms. The van der Waals surface area contributed by atoms with Crippen LogP contribution in [0, 0.1) is 35.5 Å². The first kappa shape index (κ1) is 73.6. The number of ketones is 1. The molecule has 1 rings (SSSR count). The second-order valence-corrected chi connectivity index (χ2v) is 23.4. The van der Waals surface area contributed by atoms with E-state index in [9.17, 15) is 86.2 Å². The molecule has 23 atom stereocenters. The maximum absolute atomic E-state index is 13.1. The maximum Gasteiger partial charge on any atom is 0.313 e. The van der Waals surface area contributed by atoms with Gasteiger partial charge in [0, 0.05) is 36.5 Å². The van der Waals surface area contributed by atoms with Crippen molar-refractivity contribution in [3.63, 3.8) is 0 Å². The Morgan fingerprint density at radius 3 is 1.64 bits per heavy atom. The largest absolute Gasteiger partial charge is 0.458 e. The van der Waals surface area contributed by atoms with Gasteiger partial charge in [0.05, 0.1) is 99.4 Å². The highest BCUT2D eigenvalue weighted by Crippen LogP contribution is 2.28. The van der Waals surface area contributed by atoms with Gasteiger partial charge in [-0.1, -0.05) is 71.9 Å². The molecular weight excluding hydrogens is 1010 g/mol. The highest BCUT2D eigenvalue weighted by molar-refractivity contribution is 6.13. The molecule has 18 nitrogen and oxygen atoms in total. The minimum Gasteiger partial charge on any atom is -0.458 e. The van der Waals surface area contributed by atoms with E-state index in [4.69, 9.17) is 12.6 Å². The van der Waals surface area contributed by atoms with E-state index in [0.717, 1.165) is 0 Å². The van der Waals surface area contributed by atoms with Crippen LogP contribution < -0.4 is 0 Å². The number of esters is 1. The van der Waals surface area contributed by atoms with Crippen LogP contribution in [0.4, 0.5) is 0 Å². The van der Waals surface area contributed by atoms with E-state index >= 15 is 0 Å². The monoisotopic (exact) mass is 1110 g/mol. The van der Waals surface area contributed by atoms with Gasteiger partial charge in [0.2, 0.25) is 0 Å². The maximum atomic E-state index is 13.1. The zero-order valence-electron chi connectivity index (χ0n) is 48.3. The van der Waals surface area contributed by atoms with Crippen LogP contribution >= 0.6 is 0 Å². The Morgan fingerprint density at radius 2 is 1.04 bits per heavy atom. The predicted molar refractivity (Wildman–Crippen MR) is 299 cm³/mol. The molecule has 0 aromatic heterocycles. The number of cyclic esters (lactones) is 1. The van der Waals surface area contributed by atoms with Gasteiger partial charge in [-0.15, -0.1) is 0 Å². The van der Waals surface area contributed by atoms with E-state index in [1.54, 1.807) is 80.5 Å². The topological polar surface area (TPSA) is 347 Å². The van der Waals surface area contributed by atoms with Crippen molar-refractivity contribution in [2.75, 3.05) is 0 Å². The Bertz CT molecular complexity index is 1780. The summed E-state index contributed by atoms with van der Waals surface area (Å²) >= 11 is 0. The zero-order chi connectivity index (χ0) is 59.6. The van der Waals surface area contributed by atoms with Crippen molar-refractivity contribution < 1.29 is 90.9 Å². The number of carbonyl (C=O) groups is 2. The van der Waals surface area contributed by atoms with Gasteiger partial charge >= 0.3 is 5.97 Å². The molecule has 0 aromatic carbocycles. The summed E-state index contributed by atoms with van der Waals surface area (Å²) in [4.78, 5) is 25.8. The first-order valence-corrected chi connectivity index (χ1v) is 28.7. The fourth-order valence-corrected chi connectivity index (χ4v) is 9.80. The van der Waals surface area contributed by atoms with Gasteiger partial charge < -0.3 is 81.3 Å². The average molecular weight is 1110 g/mol. The van der Waals surface area contributed by atoms with Gasteiger partial charge in [0.15, 0.2) is 0 Å². The molecule has 23 unspecified atom stereocenters. The lowest BCUT2D eigenvalue weighted by atomic mass is 9.77. The fraction of sp³-hybridized carbons (Fsp3) is 0.831. The first-order chi connectivity index (χ1) is 36.4. The number of aliphatic hydroxyl groups is 15. The van der Waals surface area contributed by atoms with Crippen LogP contribution in [-0.4, -0.2) is 194 Å². The standard InChI is InChI=1S/C59H105BO18/c1-33-20-24-51(69)40(8)50(68)18-12-15-42(61)28-44(63)22-21-37(5)78-57(75)32-56(74)38(6)35(3)27-55(73)41(9)58(76)34(2)14-10-11-17-48(66)39(7)49(67)19-13-16-43(62)30-54(72)36(4)26-47(60)59(77)52(70)25-23-45(64)29-46(65)31-53(33)71/h10-11,14,21-22,26,33,35,37-55,58-59,61-73,76-77H,12-13,15-20,23-25,27-32H2,1-9H3. The van der Waals surface area contributed by atoms with Crippen molar-refractivity contribution in [1.29, 1.82) is 0 Å². The van der Waals surface area contributed by atoms with Crippen molar-refractivity contribution in [3.05, 3.63) is 47.6 Å². The molecule has 0 aliphatic carbocycles. The summed E-state index contributed by atoms with van der Waals surface area (Å²) in [7, 11) is 6.15. The number of Topliss-reactive ketones (excluding diaryl/α,β-unsaturated/α-hetero) is 1. The number of ether oxygens (including phenoxy) is 1. The van der Waals surface area contributed by atoms with E-state index in [2.05, 4.69) is 0 Å². The Kier molecular flexibility index (Phi) is 36.2. The fourth-order valence-electron chi connectivity index (χ4n) is 9.80. The van der Waals surface area contributed by atoms with Gasteiger partial charge in [0.25, 0.3) is 0 Å². The van der Waals surface area contributed by atoms with Crippen molar-refractivity contribution in [3.8, 4) is 0 Å². The number of aliphatic hydroxyl groups excluding tert-OH is 15. The molecule has 15 N–H and O–H groups in total.